The second kappa shape index (κ2) is 5.05. The van der Waals surface area contributed by atoms with E-state index in [4.69, 9.17) is 10.5 Å². The minimum Gasteiger partial charge on any atom is -0.378 e. The molecule has 0 bridgehead atoms. The Bertz CT molecular complexity index is 307. The van der Waals surface area contributed by atoms with Crippen molar-refractivity contribution < 1.29 is 4.74 Å². The summed E-state index contributed by atoms with van der Waals surface area (Å²) in [7, 11) is 0. The SMILES string of the molecule is Cc1nc(CC(N)CC2CCCO2)cs1. The molecule has 2 rings (SSSR count). The zero-order chi connectivity index (χ0) is 10.7. The van der Waals surface area contributed by atoms with Crippen molar-refractivity contribution in [2.24, 2.45) is 5.73 Å². The predicted octanol–water partition coefficient (Wildman–Crippen LogP) is 1.89. The van der Waals surface area contributed by atoms with Crippen molar-refractivity contribution in [2.75, 3.05) is 6.61 Å². The topological polar surface area (TPSA) is 48.1 Å². The van der Waals surface area contributed by atoms with Crippen LogP contribution in [0.3, 0.4) is 0 Å². The molecule has 1 saturated heterocycles. The van der Waals surface area contributed by atoms with Crippen molar-refractivity contribution in [1.82, 2.24) is 4.98 Å². The Balaban J connectivity index is 1.78. The Morgan fingerprint density at radius 2 is 2.60 bits per heavy atom. The fourth-order valence-electron chi connectivity index (χ4n) is 2.02. The van der Waals surface area contributed by atoms with Gasteiger partial charge in [-0.3, -0.25) is 0 Å². The molecule has 2 unspecified atom stereocenters. The first-order chi connectivity index (χ1) is 7.24. The summed E-state index contributed by atoms with van der Waals surface area (Å²) >= 11 is 1.69. The van der Waals surface area contributed by atoms with Crippen LogP contribution in [0.25, 0.3) is 0 Å². The average Bonchev–Trinajstić information content (AvgIpc) is 2.77. The van der Waals surface area contributed by atoms with Gasteiger partial charge in [0.2, 0.25) is 0 Å². The van der Waals surface area contributed by atoms with Crippen LogP contribution < -0.4 is 5.73 Å². The number of nitrogens with zero attached hydrogens (tertiary/aromatic N) is 1. The highest BCUT2D eigenvalue weighted by molar-refractivity contribution is 7.09. The number of hydrogen-bond acceptors (Lipinski definition) is 4. The van der Waals surface area contributed by atoms with Crippen molar-refractivity contribution >= 4 is 11.3 Å². The molecule has 0 saturated carbocycles. The molecule has 3 nitrogen and oxygen atoms in total. The summed E-state index contributed by atoms with van der Waals surface area (Å²) in [6, 6.07) is 0.189. The number of aryl methyl sites for hydroxylation is 1. The molecule has 1 aromatic rings. The van der Waals surface area contributed by atoms with Crippen LogP contribution in [0.5, 0.6) is 0 Å². The molecule has 0 spiro atoms. The maximum atomic E-state index is 6.08. The van der Waals surface area contributed by atoms with Gasteiger partial charge in [0.05, 0.1) is 16.8 Å². The largest absolute Gasteiger partial charge is 0.378 e. The third-order valence-corrected chi connectivity index (χ3v) is 3.55. The molecule has 84 valence electrons. The molecular formula is C11H18N2OS. The van der Waals surface area contributed by atoms with E-state index in [0.717, 1.165) is 30.2 Å². The van der Waals surface area contributed by atoms with E-state index >= 15 is 0 Å². The maximum Gasteiger partial charge on any atom is 0.0897 e. The molecule has 0 aliphatic carbocycles. The van der Waals surface area contributed by atoms with E-state index in [-0.39, 0.29) is 6.04 Å². The lowest BCUT2D eigenvalue weighted by Gasteiger charge is -2.14. The van der Waals surface area contributed by atoms with Crippen LogP contribution in [0.15, 0.2) is 5.38 Å². The van der Waals surface area contributed by atoms with Gasteiger partial charge in [-0.1, -0.05) is 0 Å². The Morgan fingerprint density at radius 1 is 1.73 bits per heavy atom. The van der Waals surface area contributed by atoms with Crippen molar-refractivity contribution in [3.63, 3.8) is 0 Å². The Kier molecular flexibility index (Phi) is 3.72. The minimum atomic E-state index is 0.189. The van der Waals surface area contributed by atoms with Crippen LogP contribution in [0.4, 0.5) is 0 Å². The molecule has 2 atom stereocenters. The van der Waals surface area contributed by atoms with Gasteiger partial charge in [0.25, 0.3) is 0 Å². The first-order valence-corrected chi connectivity index (χ1v) is 6.40. The molecule has 1 aliphatic rings. The van der Waals surface area contributed by atoms with Crippen molar-refractivity contribution in [3.8, 4) is 0 Å². The first kappa shape index (κ1) is 11.0. The molecule has 4 heteroatoms. The third-order valence-electron chi connectivity index (χ3n) is 2.73. The molecule has 0 aromatic carbocycles. The van der Waals surface area contributed by atoms with Crippen LogP contribution in [0, 0.1) is 6.92 Å². The van der Waals surface area contributed by atoms with Gasteiger partial charge in [0.15, 0.2) is 0 Å². The lowest BCUT2D eigenvalue weighted by molar-refractivity contribution is 0.0983. The molecule has 1 fully saturated rings. The Labute approximate surface area is 94.7 Å². The first-order valence-electron chi connectivity index (χ1n) is 5.52. The third kappa shape index (κ3) is 3.26. The number of hydrogen-bond donors (Lipinski definition) is 1. The van der Waals surface area contributed by atoms with Crippen LogP contribution in [-0.2, 0) is 11.2 Å². The summed E-state index contributed by atoms with van der Waals surface area (Å²) in [5.74, 6) is 0. The fourth-order valence-corrected chi connectivity index (χ4v) is 2.65. The van der Waals surface area contributed by atoms with E-state index < -0.39 is 0 Å². The van der Waals surface area contributed by atoms with E-state index in [1.54, 1.807) is 11.3 Å². The van der Waals surface area contributed by atoms with E-state index in [2.05, 4.69) is 10.4 Å². The maximum absolute atomic E-state index is 6.08. The fraction of sp³-hybridized carbons (Fsp3) is 0.727. The minimum absolute atomic E-state index is 0.189. The van der Waals surface area contributed by atoms with Crippen LogP contribution in [-0.4, -0.2) is 23.7 Å². The number of nitrogens with two attached hydrogens (primary N) is 1. The van der Waals surface area contributed by atoms with Crippen LogP contribution >= 0.6 is 11.3 Å². The lowest BCUT2D eigenvalue weighted by atomic mass is 10.0. The van der Waals surface area contributed by atoms with Gasteiger partial charge in [0.1, 0.15) is 0 Å². The summed E-state index contributed by atoms with van der Waals surface area (Å²) in [6.07, 6.45) is 4.59. The molecule has 15 heavy (non-hydrogen) atoms. The Morgan fingerprint density at radius 3 is 3.20 bits per heavy atom. The van der Waals surface area contributed by atoms with Gasteiger partial charge in [-0.2, -0.15) is 0 Å². The van der Waals surface area contributed by atoms with Gasteiger partial charge in [-0.05, 0) is 26.2 Å². The highest BCUT2D eigenvalue weighted by Crippen LogP contribution is 2.18. The predicted molar refractivity (Wildman–Crippen MR) is 62.1 cm³/mol. The van der Waals surface area contributed by atoms with Gasteiger partial charge in [0, 0.05) is 24.4 Å². The molecular weight excluding hydrogens is 208 g/mol. The highest BCUT2D eigenvalue weighted by Gasteiger charge is 2.19. The van der Waals surface area contributed by atoms with Gasteiger partial charge >= 0.3 is 0 Å². The van der Waals surface area contributed by atoms with E-state index in [1.807, 2.05) is 6.92 Å². The van der Waals surface area contributed by atoms with Crippen LogP contribution in [0.2, 0.25) is 0 Å². The zero-order valence-corrected chi connectivity index (χ0v) is 9.93. The molecule has 1 aliphatic heterocycles. The normalized spacial score (nSPS) is 23.2. The molecule has 0 radical (unpaired) electrons. The van der Waals surface area contributed by atoms with Gasteiger partial charge in [-0.25, -0.2) is 4.98 Å². The van der Waals surface area contributed by atoms with Crippen molar-refractivity contribution in [2.45, 2.75) is 44.8 Å². The second-order valence-electron chi connectivity index (χ2n) is 4.19. The van der Waals surface area contributed by atoms with Gasteiger partial charge < -0.3 is 10.5 Å². The lowest BCUT2D eigenvalue weighted by Crippen LogP contribution is -2.28. The Hall–Kier alpha value is -0.450. The molecule has 1 aromatic heterocycles. The van der Waals surface area contributed by atoms with E-state index in [1.165, 1.54) is 12.8 Å². The summed E-state index contributed by atoms with van der Waals surface area (Å²) < 4.78 is 5.57. The average molecular weight is 226 g/mol. The summed E-state index contributed by atoms with van der Waals surface area (Å²) in [5, 5.41) is 3.22. The molecule has 2 heterocycles. The molecule has 0 amide bonds. The number of rotatable bonds is 4. The highest BCUT2D eigenvalue weighted by atomic mass is 32.1. The summed E-state index contributed by atoms with van der Waals surface area (Å²) in [6.45, 7) is 2.94. The molecule has 2 N–H and O–H groups in total. The summed E-state index contributed by atoms with van der Waals surface area (Å²) in [5.41, 5.74) is 7.21. The van der Waals surface area contributed by atoms with Crippen molar-refractivity contribution in [3.05, 3.63) is 16.1 Å². The quantitative estimate of drug-likeness (QED) is 0.853. The zero-order valence-electron chi connectivity index (χ0n) is 9.11. The van der Waals surface area contributed by atoms with E-state index in [0.29, 0.717) is 6.10 Å². The van der Waals surface area contributed by atoms with Crippen LogP contribution in [0.1, 0.15) is 30.0 Å². The second-order valence-corrected chi connectivity index (χ2v) is 5.26. The van der Waals surface area contributed by atoms with Gasteiger partial charge in [-0.15, -0.1) is 11.3 Å². The standard InChI is InChI=1S/C11H18N2OS/c1-8-13-10(7-15-8)5-9(12)6-11-3-2-4-14-11/h7,9,11H,2-6,12H2,1H3. The monoisotopic (exact) mass is 226 g/mol. The number of thiazole rings is 1. The smallest absolute Gasteiger partial charge is 0.0897 e. The van der Waals surface area contributed by atoms with Crippen molar-refractivity contribution in [1.29, 1.82) is 0 Å². The number of aromatic nitrogens is 1. The number of ether oxygens (including phenoxy) is 1. The summed E-state index contributed by atoms with van der Waals surface area (Å²) in [4.78, 5) is 4.42. The van der Waals surface area contributed by atoms with E-state index in [9.17, 15) is 0 Å².